The molecule has 0 saturated carbocycles. The highest BCUT2D eigenvalue weighted by Crippen LogP contribution is 2.31. The number of halogens is 2. The molecule has 24 heavy (non-hydrogen) atoms. The number of fused-ring (bicyclic) bond motifs is 1. The lowest BCUT2D eigenvalue weighted by Gasteiger charge is -2.05. The van der Waals surface area contributed by atoms with Gasteiger partial charge in [0.15, 0.2) is 6.61 Å². The average Bonchev–Trinajstić information content (AvgIpc) is 2.92. The van der Waals surface area contributed by atoms with E-state index in [1.807, 2.05) is 24.3 Å². The Balaban J connectivity index is 1.76. The summed E-state index contributed by atoms with van der Waals surface area (Å²) in [6.45, 7) is 1.15. The third-order valence-electron chi connectivity index (χ3n) is 3.59. The fourth-order valence-corrected chi connectivity index (χ4v) is 3.46. The van der Waals surface area contributed by atoms with Crippen LogP contribution in [0, 0.1) is 18.6 Å². The predicted octanol–water partition coefficient (Wildman–Crippen LogP) is 4.53. The number of rotatable bonds is 4. The van der Waals surface area contributed by atoms with Crippen LogP contribution in [-0.4, -0.2) is 18.4 Å². The highest BCUT2D eigenvalue weighted by molar-refractivity contribution is 7.21. The molecule has 0 saturated heterocycles. The quantitative estimate of drug-likeness (QED) is 0.515. The van der Waals surface area contributed by atoms with Crippen molar-refractivity contribution >= 4 is 33.2 Å². The number of hydrogen-bond acceptors (Lipinski definition) is 4. The Labute approximate surface area is 140 Å². The van der Waals surface area contributed by atoms with E-state index in [4.69, 9.17) is 4.74 Å². The van der Waals surface area contributed by atoms with E-state index >= 15 is 0 Å². The zero-order valence-corrected chi connectivity index (χ0v) is 13.5. The first-order valence-electron chi connectivity index (χ1n) is 7.11. The number of hydrogen-bond donors (Lipinski definition) is 0. The zero-order valence-electron chi connectivity index (χ0n) is 12.6. The number of carbonyl (C=O) groups excluding carboxylic acids is 2. The van der Waals surface area contributed by atoms with Crippen molar-refractivity contribution < 1.29 is 23.1 Å². The van der Waals surface area contributed by atoms with Gasteiger partial charge in [0.25, 0.3) is 0 Å². The minimum Gasteiger partial charge on any atom is -0.453 e. The van der Waals surface area contributed by atoms with Crippen LogP contribution >= 0.6 is 11.3 Å². The normalized spacial score (nSPS) is 10.8. The molecular formula is C18H12F2O3S. The lowest BCUT2D eigenvalue weighted by atomic mass is 10.1. The molecule has 0 spiro atoms. The Bertz CT molecular complexity index is 947. The van der Waals surface area contributed by atoms with Gasteiger partial charge in [-0.3, -0.25) is 4.79 Å². The van der Waals surface area contributed by atoms with Gasteiger partial charge in [-0.25, -0.2) is 13.6 Å². The van der Waals surface area contributed by atoms with Crippen LogP contribution in [-0.2, 0) is 4.74 Å². The summed E-state index contributed by atoms with van der Waals surface area (Å²) >= 11 is 1.27. The summed E-state index contributed by atoms with van der Waals surface area (Å²) in [5.41, 5.74) is 0.334. The fourth-order valence-electron chi connectivity index (χ4n) is 2.35. The SMILES string of the molecule is Cc1c(C(=O)OCC(=O)c2cc(F)ccc2F)sc2ccccc12. The molecule has 3 aromatic rings. The van der Waals surface area contributed by atoms with Gasteiger partial charge in [-0.05, 0) is 42.1 Å². The van der Waals surface area contributed by atoms with Gasteiger partial charge in [-0.1, -0.05) is 18.2 Å². The summed E-state index contributed by atoms with van der Waals surface area (Å²) in [4.78, 5) is 24.5. The van der Waals surface area contributed by atoms with Crippen molar-refractivity contribution in [3.8, 4) is 0 Å². The number of thiophene rings is 1. The first kappa shape index (κ1) is 16.3. The second-order valence-corrected chi connectivity index (χ2v) is 6.23. The second-order valence-electron chi connectivity index (χ2n) is 5.18. The lowest BCUT2D eigenvalue weighted by molar-refractivity contribution is 0.0477. The van der Waals surface area contributed by atoms with E-state index < -0.39 is 35.6 Å². The molecule has 1 aromatic heterocycles. The maximum atomic E-state index is 13.5. The van der Waals surface area contributed by atoms with Crippen molar-refractivity contribution in [1.29, 1.82) is 0 Å². The molecule has 0 bridgehead atoms. The average molecular weight is 346 g/mol. The van der Waals surface area contributed by atoms with E-state index in [9.17, 15) is 18.4 Å². The summed E-state index contributed by atoms with van der Waals surface area (Å²) in [6, 6.07) is 10.1. The van der Waals surface area contributed by atoms with E-state index in [1.54, 1.807) is 6.92 Å². The first-order valence-corrected chi connectivity index (χ1v) is 7.92. The standard InChI is InChI=1S/C18H12F2O3S/c1-10-12-4-2-3-5-16(12)24-17(10)18(22)23-9-15(21)13-8-11(19)6-7-14(13)20/h2-8H,9H2,1H3. The van der Waals surface area contributed by atoms with Crippen LogP contribution in [0.5, 0.6) is 0 Å². The molecule has 0 aliphatic heterocycles. The van der Waals surface area contributed by atoms with Crippen LogP contribution in [0.4, 0.5) is 8.78 Å². The highest BCUT2D eigenvalue weighted by Gasteiger charge is 2.19. The molecule has 0 amide bonds. The Hall–Kier alpha value is -2.60. The van der Waals surface area contributed by atoms with Crippen LogP contribution in [0.3, 0.4) is 0 Å². The van der Waals surface area contributed by atoms with Gasteiger partial charge in [0.1, 0.15) is 16.5 Å². The monoisotopic (exact) mass is 346 g/mol. The largest absolute Gasteiger partial charge is 0.453 e. The number of carbonyl (C=O) groups is 2. The lowest BCUT2D eigenvalue weighted by Crippen LogP contribution is -2.15. The second kappa shape index (κ2) is 6.49. The van der Waals surface area contributed by atoms with Crippen molar-refractivity contribution in [2.24, 2.45) is 0 Å². The Morgan fingerprint density at radius 3 is 2.62 bits per heavy atom. The van der Waals surface area contributed by atoms with Crippen LogP contribution in [0.25, 0.3) is 10.1 Å². The van der Waals surface area contributed by atoms with E-state index in [-0.39, 0.29) is 0 Å². The van der Waals surface area contributed by atoms with E-state index in [0.717, 1.165) is 33.8 Å². The van der Waals surface area contributed by atoms with Crippen LogP contribution in [0.2, 0.25) is 0 Å². The zero-order chi connectivity index (χ0) is 17.3. The fraction of sp³-hybridized carbons (Fsp3) is 0.111. The molecule has 6 heteroatoms. The van der Waals surface area contributed by atoms with Crippen molar-refractivity contribution in [3.63, 3.8) is 0 Å². The molecule has 0 atom stereocenters. The molecule has 0 aliphatic rings. The Morgan fingerprint density at radius 2 is 1.88 bits per heavy atom. The van der Waals surface area contributed by atoms with Gasteiger partial charge in [0, 0.05) is 4.70 Å². The van der Waals surface area contributed by atoms with Gasteiger partial charge in [0.2, 0.25) is 5.78 Å². The third kappa shape index (κ3) is 3.05. The third-order valence-corrected chi connectivity index (χ3v) is 4.85. The summed E-state index contributed by atoms with van der Waals surface area (Å²) in [5, 5.41) is 0.942. The minimum atomic E-state index is -0.851. The topological polar surface area (TPSA) is 43.4 Å². The van der Waals surface area contributed by atoms with Crippen LogP contribution in [0.15, 0.2) is 42.5 Å². The van der Waals surface area contributed by atoms with E-state index in [1.165, 1.54) is 11.3 Å². The number of Topliss-reactive ketones (excluding diaryl/α,β-unsaturated/α-hetero) is 1. The number of aryl methyl sites for hydroxylation is 1. The molecular weight excluding hydrogens is 334 g/mol. The molecule has 122 valence electrons. The molecule has 0 radical (unpaired) electrons. The smallest absolute Gasteiger partial charge is 0.349 e. The summed E-state index contributed by atoms with van der Waals surface area (Å²) in [5.74, 6) is -3.03. The maximum absolute atomic E-state index is 13.5. The molecule has 2 aromatic carbocycles. The molecule has 0 aliphatic carbocycles. The molecule has 0 N–H and O–H groups in total. The predicted molar refractivity (Wildman–Crippen MR) is 87.5 cm³/mol. The van der Waals surface area contributed by atoms with Crippen LogP contribution in [0.1, 0.15) is 25.6 Å². The Kier molecular flexibility index (Phi) is 4.40. The summed E-state index contributed by atoms with van der Waals surface area (Å²) < 4.78 is 32.6. The summed E-state index contributed by atoms with van der Waals surface area (Å²) in [6.07, 6.45) is 0. The van der Waals surface area contributed by atoms with E-state index in [2.05, 4.69) is 0 Å². The maximum Gasteiger partial charge on any atom is 0.349 e. The summed E-state index contributed by atoms with van der Waals surface area (Å²) in [7, 11) is 0. The van der Waals surface area contributed by atoms with E-state index in [0.29, 0.717) is 4.88 Å². The number of ketones is 1. The molecule has 3 nitrogen and oxygen atoms in total. The van der Waals surface area contributed by atoms with Crippen molar-refractivity contribution in [3.05, 3.63) is 70.1 Å². The van der Waals surface area contributed by atoms with Crippen molar-refractivity contribution in [2.75, 3.05) is 6.61 Å². The van der Waals surface area contributed by atoms with Gasteiger partial charge in [-0.15, -0.1) is 11.3 Å². The van der Waals surface area contributed by atoms with Gasteiger partial charge in [0.05, 0.1) is 5.56 Å². The van der Waals surface area contributed by atoms with Gasteiger partial charge in [-0.2, -0.15) is 0 Å². The molecule has 0 unspecified atom stereocenters. The van der Waals surface area contributed by atoms with Crippen LogP contribution < -0.4 is 0 Å². The first-order chi connectivity index (χ1) is 11.5. The van der Waals surface area contributed by atoms with Gasteiger partial charge >= 0.3 is 5.97 Å². The number of benzene rings is 2. The molecule has 0 fully saturated rings. The van der Waals surface area contributed by atoms with Gasteiger partial charge < -0.3 is 4.74 Å². The molecule has 1 heterocycles. The minimum absolute atomic E-state index is 0.392. The van der Waals surface area contributed by atoms with Crippen molar-refractivity contribution in [2.45, 2.75) is 6.92 Å². The Morgan fingerprint density at radius 1 is 1.12 bits per heavy atom. The number of esters is 1. The van der Waals surface area contributed by atoms with Crippen molar-refractivity contribution in [1.82, 2.24) is 0 Å². The number of ether oxygens (including phenoxy) is 1. The molecule has 3 rings (SSSR count). The highest BCUT2D eigenvalue weighted by atomic mass is 32.1.